The smallest absolute Gasteiger partial charge is 0.243 e. The molecule has 0 radical (unpaired) electrons. The Morgan fingerprint density at radius 1 is 1.07 bits per heavy atom. The van der Waals surface area contributed by atoms with E-state index in [9.17, 15) is 9.59 Å². The Morgan fingerprint density at radius 2 is 1.75 bits per heavy atom. The fraction of sp³-hybridized carbons (Fsp3) is 0.238. The molecule has 6 nitrogen and oxygen atoms in total. The highest BCUT2D eigenvalue weighted by atomic mass is 35.5. The Morgan fingerprint density at radius 3 is 2.43 bits per heavy atom. The SMILES string of the molecule is C=CCOc1ccc(NC(=O)CNc2cc(NC(=O)CCC)ccc2Cl)cc1. The molecular formula is C21H24ClN3O3. The molecule has 2 rings (SSSR count). The Hall–Kier alpha value is -2.99. The Labute approximate surface area is 169 Å². The van der Waals surface area contributed by atoms with Crippen molar-refractivity contribution < 1.29 is 14.3 Å². The first-order valence-corrected chi connectivity index (χ1v) is 9.36. The van der Waals surface area contributed by atoms with Gasteiger partial charge in [-0.1, -0.05) is 31.2 Å². The van der Waals surface area contributed by atoms with Gasteiger partial charge >= 0.3 is 0 Å². The molecule has 7 heteroatoms. The minimum atomic E-state index is -0.226. The van der Waals surface area contributed by atoms with Gasteiger partial charge in [0.05, 0.1) is 17.3 Å². The van der Waals surface area contributed by atoms with E-state index in [2.05, 4.69) is 22.5 Å². The molecular weight excluding hydrogens is 378 g/mol. The molecule has 148 valence electrons. The molecule has 0 aliphatic heterocycles. The number of ether oxygens (including phenoxy) is 1. The third kappa shape index (κ3) is 6.96. The fourth-order valence-corrected chi connectivity index (χ4v) is 2.54. The number of benzene rings is 2. The van der Waals surface area contributed by atoms with Crippen molar-refractivity contribution in [2.45, 2.75) is 19.8 Å². The van der Waals surface area contributed by atoms with E-state index >= 15 is 0 Å². The van der Waals surface area contributed by atoms with Crippen LogP contribution in [-0.2, 0) is 9.59 Å². The molecule has 0 saturated heterocycles. The van der Waals surface area contributed by atoms with Gasteiger partial charge in [0.2, 0.25) is 11.8 Å². The average Bonchev–Trinajstić information content (AvgIpc) is 2.68. The second-order valence-electron chi connectivity index (χ2n) is 6.02. The number of carbonyl (C=O) groups excluding carboxylic acids is 2. The quantitative estimate of drug-likeness (QED) is 0.504. The van der Waals surface area contributed by atoms with E-state index in [4.69, 9.17) is 16.3 Å². The van der Waals surface area contributed by atoms with Gasteiger partial charge in [-0.05, 0) is 48.9 Å². The summed E-state index contributed by atoms with van der Waals surface area (Å²) in [5.41, 5.74) is 1.85. The van der Waals surface area contributed by atoms with Crippen molar-refractivity contribution in [3.63, 3.8) is 0 Å². The summed E-state index contributed by atoms with van der Waals surface area (Å²) in [4.78, 5) is 23.9. The summed E-state index contributed by atoms with van der Waals surface area (Å²) >= 11 is 6.17. The van der Waals surface area contributed by atoms with Gasteiger partial charge in [0.15, 0.2) is 0 Å². The third-order valence-corrected chi connectivity index (χ3v) is 4.00. The zero-order chi connectivity index (χ0) is 20.4. The van der Waals surface area contributed by atoms with Crippen LogP contribution in [0.5, 0.6) is 5.75 Å². The highest BCUT2D eigenvalue weighted by Gasteiger charge is 2.08. The predicted octanol–water partition coefficient (Wildman–Crippen LogP) is 4.69. The van der Waals surface area contributed by atoms with E-state index < -0.39 is 0 Å². The van der Waals surface area contributed by atoms with Gasteiger partial charge in [-0.2, -0.15) is 0 Å². The van der Waals surface area contributed by atoms with Gasteiger partial charge in [0, 0.05) is 17.8 Å². The van der Waals surface area contributed by atoms with Gasteiger partial charge in [0.25, 0.3) is 0 Å². The first kappa shape index (κ1) is 21.3. The summed E-state index contributed by atoms with van der Waals surface area (Å²) in [6.45, 7) is 5.99. The van der Waals surface area contributed by atoms with Crippen molar-refractivity contribution in [2.24, 2.45) is 0 Å². The van der Waals surface area contributed by atoms with E-state index in [0.717, 1.165) is 6.42 Å². The summed E-state index contributed by atoms with van der Waals surface area (Å²) < 4.78 is 5.40. The minimum absolute atomic E-state index is 0.0286. The minimum Gasteiger partial charge on any atom is -0.490 e. The summed E-state index contributed by atoms with van der Waals surface area (Å²) in [5, 5.41) is 9.04. The first-order valence-electron chi connectivity index (χ1n) is 8.98. The second-order valence-corrected chi connectivity index (χ2v) is 6.43. The van der Waals surface area contributed by atoms with Gasteiger partial charge in [-0.15, -0.1) is 0 Å². The second kappa shape index (κ2) is 11.0. The maximum Gasteiger partial charge on any atom is 0.243 e. The van der Waals surface area contributed by atoms with Crippen molar-refractivity contribution in [3.8, 4) is 5.75 Å². The van der Waals surface area contributed by atoms with Crippen molar-refractivity contribution >= 4 is 40.5 Å². The van der Waals surface area contributed by atoms with E-state index in [1.54, 1.807) is 48.5 Å². The van der Waals surface area contributed by atoms with E-state index in [-0.39, 0.29) is 18.4 Å². The zero-order valence-electron chi connectivity index (χ0n) is 15.8. The summed E-state index contributed by atoms with van der Waals surface area (Å²) in [5.74, 6) is 0.412. The lowest BCUT2D eigenvalue weighted by molar-refractivity contribution is -0.116. The van der Waals surface area contributed by atoms with Crippen LogP contribution in [0.15, 0.2) is 55.1 Å². The first-order chi connectivity index (χ1) is 13.5. The number of amides is 2. The average molecular weight is 402 g/mol. The molecule has 0 aromatic heterocycles. The highest BCUT2D eigenvalue weighted by Crippen LogP contribution is 2.25. The van der Waals surface area contributed by atoms with Crippen LogP contribution in [0.3, 0.4) is 0 Å². The van der Waals surface area contributed by atoms with E-state index in [0.29, 0.717) is 40.9 Å². The standard InChI is InChI=1S/C21H24ClN3O3/c1-3-5-20(26)25-16-8-11-18(22)19(13-16)23-14-21(27)24-15-6-9-17(10-7-15)28-12-4-2/h4,6-11,13,23H,2-3,5,12,14H2,1H3,(H,24,27)(H,25,26). The number of rotatable bonds is 10. The summed E-state index contributed by atoms with van der Waals surface area (Å²) in [7, 11) is 0. The molecule has 0 bridgehead atoms. The molecule has 0 spiro atoms. The summed E-state index contributed by atoms with van der Waals surface area (Å²) in [6.07, 6.45) is 2.88. The van der Waals surface area contributed by atoms with Gasteiger partial charge in [-0.3, -0.25) is 9.59 Å². The maximum atomic E-state index is 12.2. The van der Waals surface area contributed by atoms with Crippen molar-refractivity contribution in [1.82, 2.24) is 0 Å². The third-order valence-electron chi connectivity index (χ3n) is 3.67. The maximum absolute atomic E-state index is 12.2. The number of anilines is 3. The lowest BCUT2D eigenvalue weighted by atomic mass is 10.2. The number of halogens is 1. The van der Waals surface area contributed by atoms with Crippen LogP contribution >= 0.6 is 11.6 Å². The molecule has 28 heavy (non-hydrogen) atoms. The van der Waals surface area contributed by atoms with Crippen LogP contribution in [0, 0.1) is 0 Å². The lowest BCUT2D eigenvalue weighted by Gasteiger charge is -2.12. The Bertz CT molecular complexity index is 822. The number of nitrogens with one attached hydrogen (secondary N) is 3. The molecule has 0 aliphatic carbocycles. The molecule has 3 N–H and O–H groups in total. The van der Waals surface area contributed by atoms with Crippen molar-refractivity contribution in [2.75, 3.05) is 29.1 Å². The van der Waals surface area contributed by atoms with E-state index in [1.807, 2.05) is 6.92 Å². The van der Waals surface area contributed by atoms with Crippen molar-refractivity contribution in [3.05, 3.63) is 60.1 Å². The molecule has 0 unspecified atom stereocenters. The molecule has 0 aliphatic rings. The van der Waals surface area contributed by atoms with Crippen LogP contribution in [0.1, 0.15) is 19.8 Å². The van der Waals surface area contributed by atoms with Gasteiger partial charge < -0.3 is 20.7 Å². The van der Waals surface area contributed by atoms with E-state index in [1.165, 1.54) is 0 Å². The fourth-order valence-electron chi connectivity index (χ4n) is 2.36. The number of hydrogen-bond acceptors (Lipinski definition) is 4. The molecule has 2 amide bonds. The number of hydrogen-bond donors (Lipinski definition) is 3. The van der Waals surface area contributed by atoms with Crippen LogP contribution in [0.4, 0.5) is 17.1 Å². The van der Waals surface area contributed by atoms with Crippen LogP contribution in [0.25, 0.3) is 0 Å². The largest absolute Gasteiger partial charge is 0.490 e. The van der Waals surface area contributed by atoms with Crippen molar-refractivity contribution in [1.29, 1.82) is 0 Å². The van der Waals surface area contributed by atoms with Crippen LogP contribution < -0.4 is 20.7 Å². The number of carbonyl (C=O) groups is 2. The topological polar surface area (TPSA) is 79.5 Å². The van der Waals surface area contributed by atoms with Crippen LogP contribution in [0.2, 0.25) is 5.02 Å². The molecule has 2 aromatic rings. The Kier molecular flexibility index (Phi) is 8.37. The zero-order valence-corrected chi connectivity index (χ0v) is 16.5. The molecule has 0 saturated carbocycles. The monoisotopic (exact) mass is 401 g/mol. The molecule has 0 heterocycles. The lowest BCUT2D eigenvalue weighted by Crippen LogP contribution is -2.22. The normalized spacial score (nSPS) is 10.1. The molecule has 0 fully saturated rings. The van der Waals surface area contributed by atoms with Gasteiger partial charge in [0.1, 0.15) is 12.4 Å². The predicted molar refractivity (Wildman–Crippen MR) is 114 cm³/mol. The highest BCUT2D eigenvalue weighted by molar-refractivity contribution is 6.33. The summed E-state index contributed by atoms with van der Waals surface area (Å²) in [6, 6.07) is 12.1. The van der Waals surface area contributed by atoms with Gasteiger partial charge in [-0.25, -0.2) is 0 Å². The Balaban J connectivity index is 1.89. The molecule has 2 aromatic carbocycles. The molecule has 0 atom stereocenters. The van der Waals surface area contributed by atoms with Crippen LogP contribution in [-0.4, -0.2) is 25.0 Å².